The summed E-state index contributed by atoms with van der Waals surface area (Å²) in [5, 5.41) is 0. The summed E-state index contributed by atoms with van der Waals surface area (Å²) in [6, 6.07) is 7.55. The molecule has 1 unspecified atom stereocenters. The molecule has 2 aromatic rings. The Kier molecular flexibility index (Phi) is 5.07. The lowest BCUT2D eigenvalue weighted by atomic mass is 9.83. The summed E-state index contributed by atoms with van der Waals surface area (Å²) in [5.74, 6) is 0.728. The van der Waals surface area contributed by atoms with Gasteiger partial charge in [-0.05, 0) is 43.5 Å². The van der Waals surface area contributed by atoms with Crippen LogP contribution >= 0.6 is 0 Å². The highest BCUT2D eigenvalue weighted by atomic mass is 16.5. The molecule has 142 valence electrons. The second-order valence-electron chi connectivity index (χ2n) is 7.47. The molecule has 0 saturated carbocycles. The fourth-order valence-corrected chi connectivity index (χ4v) is 3.96. The van der Waals surface area contributed by atoms with E-state index < -0.39 is 0 Å². The van der Waals surface area contributed by atoms with E-state index >= 15 is 0 Å². The molecular formula is C21H25N3O3. The van der Waals surface area contributed by atoms with E-state index in [4.69, 9.17) is 9.47 Å². The number of piperidine rings is 1. The van der Waals surface area contributed by atoms with Crippen LogP contribution in [0.3, 0.4) is 0 Å². The molecule has 0 N–H and O–H groups in total. The fourth-order valence-electron chi connectivity index (χ4n) is 3.96. The quantitative estimate of drug-likeness (QED) is 0.834. The smallest absolute Gasteiger partial charge is 0.255 e. The van der Waals surface area contributed by atoms with Gasteiger partial charge in [0.05, 0.1) is 17.8 Å². The van der Waals surface area contributed by atoms with Crippen molar-refractivity contribution in [2.45, 2.75) is 44.3 Å². The average Bonchev–Trinajstić information content (AvgIpc) is 2.69. The third kappa shape index (κ3) is 4.11. The number of hydrogen-bond donors (Lipinski definition) is 0. The number of ether oxygens (including phenoxy) is 2. The van der Waals surface area contributed by atoms with Crippen LogP contribution in [0.5, 0.6) is 5.88 Å². The Morgan fingerprint density at radius 2 is 2.15 bits per heavy atom. The van der Waals surface area contributed by atoms with Gasteiger partial charge in [-0.3, -0.25) is 9.78 Å². The number of pyridine rings is 2. The van der Waals surface area contributed by atoms with E-state index in [-0.39, 0.29) is 17.6 Å². The van der Waals surface area contributed by atoms with E-state index in [1.165, 1.54) is 0 Å². The van der Waals surface area contributed by atoms with Crippen molar-refractivity contribution in [1.29, 1.82) is 0 Å². The van der Waals surface area contributed by atoms with Crippen molar-refractivity contribution in [3.05, 3.63) is 54.0 Å². The van der Waals surface area contributed by atoms with Crippen LogP contribution in [-0.4, -0.2) is 52.2 Å². The van der Waals surface area contributed by atoms with Crippen LogP contribution in [0, 0.1) is 6.92 Å². The molecule has 0 radical (unpaired) electrons. The van der Waals surface area contributed by atoms with Crippen molar-refractivity contribution in [3.8, 4) is 5.88 Å². The molecule has 2 aliphatic rings. The first kappa shape index (κ1) is 17.9. The van der Waals surface area contributed by atoms with E-state index in [1.807, 2.05) is 30.0 Å². The van der Waals surface area contributed by atoms with E-state index in [0.717, 1.165) is 31.2 Å². The fraction of sp³-hybridized carbons (Fsp3) is 0.476. The summed E-state index contributed by atoms with van der Waals surface area (Å²) in [6.45, 7) is 4.12. The predicted octanol–water partition coefficient (Wildman–Crippen LogP) is 3.02. The second-order valence-corrected chi connectivity index (χ2v) is 7.47. The Balaban J connectivity index is 1.36. The molecule has 6 nitrogen and oxygen atoms in total. The van der Waals surface area contributed by atoms with E-state index in [9.17, 15) is 4.79 Å². The molecule has 2 fully saturated rings. The van der Waals surface area contributed by atoms with Crippen LogP contribution in [0.2, 0.25) is 0 Å². The zero-order valence-corrected chi connectivity index (χ0v) is 15.6. The van der Waals surface area contributed by atoms with Crippen molar-refractivity contribution in [2.24, 2.45) is 0 Å². The van der Waals surface area contributed by atoms with Gasteiger partial charge >= 0.3 is 0 Å². The van der Waals surface area contributed by atoms with E-state index in [0.29, 0.717) is 31.1 Å². The van der Waals surface area contributed by atoms with Crippen molar-refractivity contribution in [3.63, 3.8) is 0 Å². The number of likely N-dealkylation sites (tertiary alicyclic amines) is 1. The zero-order valence-electron chi connectivity index (χ0n) is 15.6. The lowest BCUT2D eigenvalue weighted by Gasteiger charge is -2.45. The molecule has 0 aromatic carbocycles. The van der Waals surface area contributed by atoms with Gasteiger partial charge in [-0.15, -0.1) is 0 Å². The third-order valence-corrected chi connectivity index (χ3v) is 5.50. The maximum absolute atomic E-state index is 12.6. The Morgan fingerprint density at radius 1 is 1.30 bits per heavy atom. The first-order chi connectivity index (χ1) is 13.1. The predicted molar refractivity (Wildman–Crippen MR) is 101 cm³/mol. The average molecular weight is 367 g/mol. The van der Waals surface area contributed by atoms with Gasteiger partial charge in [0.25, 0.3) is 5.91 Å². The number of rotatable bonds is 3. The Hall–Kier alpha value is -2.47. The molecule has 4 rings (SSSR count). The molecule has 0 bridgehead atoms. The molecule has 2 aromatic heterocycles. The van der Waals surface area contributed by atoms with Gasteiger partial charge in [0.1, 0.15) is 6.10 Å². The Bertz CT molecular complexity index is 788. The Labute approximate surface area is 159 Å². The zero-order chi connectivity index (χ0) is 18.7. The van der Waals surface area contributed by atoms with Crippen LogP contribution < -0.4 is 4.74 Å². The highest BCUT2D eigenvalue weighted by Crippen LogP contribution is 2.36. The summed E-state index contributed by atoms with van der Waals surface area (Å²) in [5.41, 5.74) is 1.59. The highest BCUT2D eigenvalue weighted by molar-refractivity contribution is 5.93. The molecule has 1 atom stereocenters. The van der Waals surface area contributed by atoms with Crippen LogP contribution in [-0.2, 0) is 4.74 Å². The highest BCUT2D eigenvalue weighted by Gasteiger charge is 2.42. The minimum Gasteiger partial charge on any atom is -0.474 e. The lowest BCUT2D eigenvalue weighted by Crippen LogP contribution is -2.52. The maximum atomic E-state index is 12.6. The van der Waals surface area contributed by atoms with Crippen molar-refractivity contribution in [1.82, 2.24) is 14.9 Å². The number of carbonyl (C=O) groups is 1. The van der Waals surface area contributed by atoms with Gasteiger partial charge in [-0.2, -0.15) is 0 Å². The number of nitrogens with zero attached hydrogens (tertiary/aromatic N) is 3. The molecule has 1 amide bonds. The van der Waals surface area contributed by atoms with Crippen LogP contribution in [0.1, 0.15) is 41.6 Å². The van der Waals surface area contributed by atoms with E-state index in [2.05, 4.69) is 9.97 Å². The van der Waals surface area contributed by atoms with Crippen molar-refractivity contribution < 1.29 is 14.3 Å². The summed E-state index contributed by atoms with van der Waals surface area (Å²) in [7, 11) is 0. The molecule has 1 spiro atoms. The number of aryl methyl sites for hydroxylation is 1. The number of carbonyl (C=O) groups excluding carboxylic acids is 1. The molecule has 4 heterocycles. The van der Waals surface area contributed by atoms with Crippen LogP contribution in [0.15, 0.2) is 42.9 Å². The summed E-state index contributed by atoms with van der Waals surface area (Å²) >= 11 is 0. The number of aromatic nitrogens is 2. The first-order valence-corrected chi connectivity index (χ1v) is 9.56. The van der Waals surface area contributed by atoms with E-state index in [1.54, 1.807) is 24.7 Å². The third-order valence-electron chi connectivity index (χ3n) is 5.50. The first-order valence-electron chi connectivity index (χ1n) is 9.56. The van der Waals surface area contributed by atoms with Crippen molar-refractivity contribution in [2.75, 3.05) is 19.7 Å². The molecule has 6 heteroatoms. The van der Waals surface area contributed by atoms with Gasteiger partial charge in [0.2, 0.25) is 5.88 Å². The minimum absolute atomic E-state index is 0.0468. The van der Waals surface area contributed by atoms with Gasteiger partial charge in [0, 0.05) is 50.6 Å². The van der Waals surface area contributed by atoms with Crippen LogP contribution in [0.25, 0.3) is 0 Å². The summed E-state index contributed by atoms with van der Waals surface area (Å²) < 4.78 is 12.3. The maximum Gasteiger partial charge on any atom is 0.255 e. The second kappa shape index (κ2) is 7.64. The lowest BCUT2D eigenvalue weighted by molar-refractivity contribution is -0.135. The molecule has 2 saturated heterocycles. The molecule has 2 aliphatic heterocycles. The minimum atomic E-state index is -0.196. The summed E-state index contributed by atoms with van der Waals surface area (Å²) in [6.07, 6.45) is 8.58. The van der Waals surface area contributed by atoms with Gasteiger partial charge in [-0.1, -0.05) is 0 Å². The normalized spacial score (nSPS) is 21.8. The van der Waals surface area contributed by atoms with Gasteiger partial charge in [-0.25, -0.2) is 4.98 Å². The molecular weight excluding hydrogens is 342 g/mol. The monoisotopic (exact) mass is 367 g/mol. The van der Waals surface area contributed by atoms with Gasteiger partial charge in [0.15, 0.2) is 0 Å². The van der Waals surface area contributed by atoms with Crippen molar-refractivity contribution >= 4 is 5.91 Å². The molecule has 0 aliphatic carbocycles. The Morgan fingerprint density at radius 3 is 2.89 bits per heavy atom. The topological polar surface area (TPSA) is 64.6 Å². The van der Waals surface area contributed by atoms with Crippen LogP contribution in [0.4, 0.5) is 0 Å². The number of amides is 1. The SMILES string of the molecule is Cc1ccnc(OC2CCOC3(CCN(C(=O)c4cccnc4)CC3)C2)c1. The number of hydrogen-bond acceptors (Lipinski definition) is 5. The standard InChI is InChI=1S/C21H25N3O3/c1-16-4-9-23-19(13-16)27-18-5-12-26-21(14-18)6-10-24(11-7-21)20(25)17-3-2-8-22-15-17/h2-4,8-9,13,15,18H,5-7,10-12,14H2,1H3. The summed E-state index contributed by atoms with van der Waals surface area (Å²) in [4.78, 5) is 22.9. The largest absolute Gasteiger partial charge is 0.474 e. The van der Waals surface area contributed by atoms with Gasteiger partial charge < -0.3 is 14.4 Å². The molecule has 27 heavy (non-hydrogen) atoms.